The maximum atomic E-state index is 9.64. The van der Waals surface area contributed by atoms with Crippen LogP contribution in [0.3, 0.4) is 0 Å². The second-order valence-electron chi connectivity index (χ2n) is 5.25. The lowest BCUT2D eigenvalue weighted by Crippen LogP contribution is -2.45. The van der Waals surface area contributed by atoms with Crippen molar-refractivity contribution in [2.45, 2.75) is 38.1 Å². The predicted octanol–water partition coefficient (Wildman–Crippen LogP) is 2.02. The molecule has 94 valence electrons. The highest BCUT2D eigenvalue weighted by Crippen LogP contribution is 2.34. The lowest BCUT2D eigenvalue weighted by molar-refractivity contribution is 0.155. The van der Waals surface area contributed by atoms with E-state index in [-0.39, 0.29) is 12.1 Å². The van der Waals surface area contributed by atoms with Gasteiger partial charge >= 0.3 is 0 Å². The van der Waals surface area contributed by atoms with Crippen molar-refractivity contribution in [3.05, 3.63) is 18.5 Å². The summed E-state index contributed by atoms with van der Waals surface area (Å²) in [6.45, 7) is 2.43. The Morgan fingerprint density at radius 3 is 2.76 bits per heavy atom. The van der Waals surface area contributed by atoms with Crippen LogP contribution in [0.5, 0.6) is 0 Å². The van der Waals surface area contributed by atoms with Crippen LogP contribution in [0, 0.1) is 5.92 Å². The number of hydrogen-bond donors (Lipinski definition) is 3. The fourth-order valence-corrected chi connectivity index (χ4v) is 2.47. The molecule has 0 amide bonds. The van der Waals surface area contributed by atoms with Gasteiger partial charge in [0.2, 0.25) is 0 Å². The number of anilines is 2. The lowest BCUT2D eigenvalue weighted by atomic mass is 9.77. The van der Waals surface area contributed by atoms with Crippen LogP contribution in [0.2, 0.25) is 0 Å². The first-order valence-electron chi connectivity index (χ1n) is 6.23. The molecule has 0 spiro atoms. The molecule has 1 fully saturated rings. The molecule has 1 heterocycles. The van der Waals surface area contributed by atoms with Crippen LogP contribution in [0.4, 0.5) is 11.4 Å². The molecule has 0 aromatic carbocycles. The molecule has 1 aliphatic carbocycles. The van der Waals surface area contributed by atoms with Crippen LogP contribution in [-0.2, 0) is 0 Å². The summed E-state index contributed by atoms with van der Waals surface area (Å²) in [7, 11) is 0. The van der Waals surface area contributed by atoms with Crippen molar-refractivity contribution in [3.63, 3.8) is 0 Å². The summed E-state index contributed by atoms with van der Waals surface area (Å²) in [6, 6.07) is 1.86. The van der Waals surface area contributed by atoms with Gasteiger partial charge in [-0.3, -0.25) is 4.98 Å². The van der Waals surface area contributed by atoms with Crippen molar-refractivity contribution in [1.82, 2.24) is 4.98 Å². The Labute approximate surface area is 102 Å². The first-order valence-corrected chi connectivity index (χ1v) is 6.23. The van der Waals surface area contributed by atoms with E-state index in [0.717, 1.165) is 37.3 Å². The Balaban J connectivity index is 2.09. The molecular weight excluding hydrogens is 214 g/mol. The van der Waals surface area contributed by atoms with Crippen LogP contribution in [-0.4, -0.2) is 22.2 Å². The number of aromatic nitrogens is 1. The number of aliphatic hydroxyl groups excluding tert-OH is 1. The molecule has 2 rings (SSSR count). The van der Waals surface area contributed by atoms with Gasteiger partial charge in [0.05, 0.1) is 29.7 Å². The van der Waals surface area contributed by atoms with Crippen molar-refractivity contribution < 1.29 is 5.11 Å². The van der Waals surface area contributed by atoms with E-state index >= 15 is 0 Å². The summed E-state index contributed by atoms with van der Waals surface area (Å²) in [5.41, 5.74) is 7.06. The largest absolute Gasteiger partial charge is 0.397 e. The van der Waals surface area contributed by atoms with Crippen LogP contribution >= 0.6 is 0 Å². The van der Waals surface area contributed by atoms with Gasteiger partial charge in [0.25, 0.3) is 0 Å². The standard InChI is InChI=1S/C13H21N3O/c1-10-2-4-13(9-17,5-3-10)16-12-6-11(14)7-15-8-12/h6-8,10,16-17H,2-5,9,14H2,1H3. The second-order valence-corrected chi connectivity index (χ2v) is 5.25. The van der Waals surface area contributed by atoms with Crippen molar-refractivity contribution in [2.75, 3.05) is 17.7 Å². The third-order valence-electron chi connectivity index (χ3n) is 3.70. The first-order chi connectivity index (χ1) is 8.13. The smallest absolute Gasteiger partial charge is 0.0661 e. The SMILES string of the molecule is CC1CCC(CO)(Nc2cncc(N)c2)CC1. The molecule has 0 atom stereocenters. The monoisotopic (exact) mass is 235 g/mol. The van der Waals surface area contributed by atoms with Crippen molar-refractivity contribution in [3.8, 4) is 0 Å². The normalized spacial score (nSPS) is 28.9. The topological polar surface area (TPSA) is 71.2 Å². The molecule has 4 heteroatoms. The van der Waals surface area contributed by atoms with Crippen LogP contribution in [0.15, 0.2) is 18.5 Å². The third kappa shape index (κ3) is 2.88. The zero-order valence-electron chi connectivity index (χ0n) is 10.3. The van der Waals surface area contributed by atoms with E-state index in [2.05, 4.69) is 17.2 Å². The van der Waals surface area contributed by atoms with Gasteiger partial charge in [-0.15, -0.1) is 0 Å². The molecule has 0 aliphatic heterocycles. The number of aliphatic hydroxyl groups is 1. The van der Waals surface area contributed by atoms with Gasteiger partial charge in [-0.1, -0.05) is 6.92 Å². The highest BCUT2D eigenvalue weighted by atomic mass is 16.3. The molecule has 1 aromatic rings. The summed E-state index contributed by atoms with van der Waals surface area (Å²) in [5.74, 6) is 0.760. The molecule has 4 N–H and O–H groups in total. The molecule has 4 nitrogen and oxygen atoms in total. The average molecular weight is 235 g/mol. The van der Waals surface area contributed by atoms with Crippen LogP contribution in [0.25, 0.3) is 0 Å². The molecule has 0 bridgehead atoms. The minimum atomic E-state index is -0.192. The number of nitrogens with zero attached hydrogens (tertiary/aromatic N) is 1. The minimum absolute atomic E-state index is 0.161. The van der Waals surface area contributed by atoms with Gasteiger partial charge in [0, 0.05) is 6.20 Å². The molecule has 1 aromatic heterocycles. The average Bonchev–Trinajstić information content (AvgIpc) is 2.33. The van der Waals surface area contributed by atoms with Gasteiger partial charge in [0.1, 0.15) is 0 Å². The predicted molar refractivity (Wildman–Crippen MR) is 69.7 cm³/mol. The lowest BCUT2D eigenvalue weighted by Gasteiger charge is -2.39. The quantitative estimate of drug-likeness (QED) is 0.749. The van der Waals surface area contributed by atoms with Crippen molar-refractivity contribution >= 4 is 11.4 Å². The van der Waals surface area contributed by atoms with E-state index in [0.29, 0.717) is 5.69 Å². The van der Waals surface area contributed by atoms with Crippen molar-refractivity contribution in [1.29, 1.82) is 0 Å². The molecule has 0 radical (unpaired) electrons. The summed E-state index contributed by atoms with van der Waals surface area (Å²) < 4.78 is 0. The highest BCUT2D eigenvalue weighted by molar-refractivity contribution is 5.52. The van der Waals surface area contributed by atoms with E-state index < -0.39 is 0 Å². The highest BCUT2D eigenvalue weighted by Gasteiger charge is 2.33. The van der Waals surface area contributed by atoms with Gasteiger partial charge in [0.15, 0.2) is 0 Å². The zero-order chi connectivity index (χ0) is 12.3. The molecule has 1 aliphatic rings. The molecule has 17 heavy (non-hydrogen) atoms. The van der Waals surface area contributed by atoms with E-state index in [1.54, 1.807) is 12.4 Å². The summed E-state index contributed by atoms with van der Waals surface area (Å²) in [5, 5.41) is 13.1. The molecule has 0 saturated heterocycles. The number of nitrogens with one attached hydrogen (secondary N) is 1. The Kier molecular flexibility index (Phi) is 3.52. The van der Waals surface area contributed by atoms with Gasteiger partial charge in [-0.05, 0) is 37.7 Å². The fraction of sp³-hybridized carbons (Fsp3) is 0.615. The van der Waals surface area contributed by atoms with Gasteiger partial charge in [-0.25, -0.2) is 0 Å². The summed E-state index contributed by atoms with van der Waals surface area (Å²) in [4.78, 5) is 4.06. The number of hydrogen-bond acceptors (Lipinski definition) is 4. The van der Waals surface area contributed by atoms with E-state index in [9.17, 15) is 5.11 Å². The second kappa shape index (κ2) is 4.92. The minimum Gasteiger partial charge on any atom is -0.397 e. The van der Waals surface area contributed by atoms with Gasteiger partial charge in [-0.2, -0.15) is 0 Å². The number of nitrogens with two attached hydrogens (primary N) is 1. The maximum absolute atomic E-state index is 9.64. The third-order valence-corrected chi connectivity index (χ3v) is 3.70. The number of nitrogen functional groups attached to an aromatic ring is 1. The van der Waals surface area contributed by atoms with Crippen LogP contribution in [0.1, 0.15) is 32.6 Å². The Morgan fingerprint density at radius 2 is 2.18 bits per heavy atom. The first kappa shape index (κ1) is 12.2. The summed E-state index contributed by atoms with van der Waals surface area (Å²) >= 11 is 0. The fourth-order valence-electron chi connectivity index (χ4n) is 2.47. The number of pyridine rings is 1. The maximum Gasteiger partial charge on any atom is 0.0661 e. The summed E-state index contributed by atoms with van der Waals surface area (Å²) in [6.07, 6.45) is 7.69. The Hall–Kier alpha value is -1.29. The van der Waals surface area contributed by atoms with Crippen LogP contribution < -0.4 is 11.1 Å². The van der Waals surface area contributed by atoms with Gasteiger partial charge < -0.3 is 16.2 Å². The Morgan fingerprint density at radius 1 is 1.47 bits per heavy atom. The zero-order valence-corrected chi connectivity index (χ0v) is 10.3. The van der Waals surface area contributed by atoms with E-state index in [1.165, 1.54) is 0 Å². The molecule has 1 saturated carbocycles. The van der Waals surface area contributed by atoms with Crippen molar-refractivity contribution in [2.24, 2.45) is 5.92 Å². The number of rotatable bonds is 3. The Bertz CT molecular complexity index is 373. The molecular formula is C13H21N3O. The van der Waals surface area contributed by atoms with E-state index in [4.69, 9.17) is 5.73 Å². The molecule has 0 unspecified atom stereocenters. The van der Waals surface area contributed by atoms with E-state index in [1.807, 2.05) is 6.07 Å².